The molecule has 0 aromatic rings. The molecule has 2 rings (SSSR count). The van der Waals surface area contributed by atoms with Crippen molar-refractivity contribution in [1.82, 2.24) is 5.32 Å². The Morgan fingerprint density at radius 1 is 1.27 bits per heavy atom. The second kappa shape index (κ2) is 2.20. The van der Waals surface area contributed by atoms with Gasteiger partial charge in [-0.3, -0.25) is 0 Å². The van der Waals surface area contributed by atoms with Crippen LogP contribution in [-0.4, -0.2) is 32.0 Å². The second-order valence-corrected chi connectivity index (χ2v) is 5.84. The van der Waals surface area contributed by atoms with Crippen molar-refractivity contribution in [3.8, 4) is 0 Å². The van der Waals surface area contributed by atoms with Crippen LogP contribution in [0.2, 0.25) is 0 Å². The van der Waals surface area contributed by atoms with E-state index in [1.807, 2.05) is 0 Å². The van der Waals surface area contributed by atoms with Crippen molar-refractivity contribution in [3.63, 3.8) is 0 Å². The summed E-state index contributed by atoms with van der Waals surface area (Å²) in [5, 5.41) is 3.31. The van der Waals surface area contributed by atoms with E-state index in [9.17, 15) is 8.42 Å². The molecule has 0 amide bonds. The first kappa shape index (κ1) is 7.55. The third-order valence-corrected chi connectivity index (χ3v) is 4.54. The molecule has 11 heavy (non-hydrogen) atoms. The highest BCUT2D eigenvalue weighted by molar-refractivity contribution is 7.91. The third kappa shape index (κ3) is 1.29. The fourth-order valence-electron chi connectivity index (χ4n) is 2.12. The summed E-state index contributed by atoms with van der Waals surface area (Å²) in [6.45, 7) is 0.996. The average molecular weight is 175 g/mol. The number of hydrogen-bond donors (Lipinski definition) is 1. The van der Waals surface area contributed by atoms with Gasteiger partial charge in [-0.25, -0.2) is 8.42 Å². The van der Waals surface area contributed by atoms with Gasteiger partial charge in [0.2, 0.25) is 0 Å². The Labute approximate surface area is 67.1 Å². The topological polar surface area (TPSA) is 46.2 Å². The molecule has 0 aromatic heterocycles. The molecule has 4 heteroatoms. The van der Waals surface area contributed by atoms with Gasteiger partial charge in [-0.2, -0.15) is 0 Å². The maximum absolute atomic E-state index is 11.2. The quantitative estimate of drug-likeness (QED) is 0.560. The Kier molecular flexibility index (Phi) is 1.51. The van der Waals surface area contributed by atoms with E-state index in [0.29, 0.717) is 11.5 Å². The normalized spacial score (nSPS) is 41.8. The number of rotatable bonds is 0. The smallest absolute Gasteiger partial charge is 0.152 e. The van der Waals surface area contributed by atoms with Crippen LogP contribution in [0.5, 0.6) is 0 Å². The van der Waals surface area contributed by atoms with Crippen LogP contribution in [0.1, 0.15) is 19.3 Å². The van der Waals surface area contributed by atoms with Crippen molar-refractivity contribution in [3.05, 3.63) is 0 Å². The summed E-state index contributed by atoms with van der Waals surface area (Å²) in [6, 6.07) is 0. The number of sulfone groups is 1. The molecule has 0 aromatic carbocycles. The molecule has 1 atom stereocenters. The van der Waals surface area contributed by atoms with Crippen LogP contribution < -0.4 is 5.32 Å². The highest BCUT2D eigenvalue weighted by atomic mass is 32.2. The summed E-state index contributed by atoms with van der Waals surface area (Å²) in [6.07, 6.45) is 3.01. The Morgan fingerprint density at radius 3 is 2.55 bits per heavy atom. The first-order chi connectivity index (χ1) is 5.12. The highest BCUT2D eigenvalue weighted by Gasteiger charge is 2.43. The van der Waals surface area contributed by atoms with Crippen molar-refractivity contribution in [1.29, 1.82) is 0 Å². The predicted octanol–water partition coefficient (Wildman–Crippen LogP) is -0.0729. The molecule has 1 spiro atoms. The minimum atomic E-state index is -2.70. The molecule has 2 aliphatic rings. The summed E-state index contributed by atoms with van der Waals surface area (Å²) in [4.78, 5) is 0. The van der Waals surface area contributed by atoms with Crippen molar-refractivity contribution in [2.24, 2.45) is 0 Å². The van der Waals surface area contributed by atoms with E-state index >= 15 is 0 Å². The zero-order valence-electron chi connectivity index (χ0n) is 6.47. The van der Waals surface area contributed by atoms with Crippen molar-refractivity contribution in [2.45, 2.75) is 24.8 Å². The molecule has 2 heterocycles. The number of nitrogens with one attached hydrogen (secondary N) is 1. The molecule has 2 fully saturated rings. The van der Waals surface area contributed by atoms with Crippen LogP contribution in [0.4, 0.5) is 0 Å². The van der Waals surface area contributed by atoms with Crippen LogP contribution in [0.25, 0.3) is 0 Å². The van der Waals surface area contributed by atoms with Crippen molar-refractivity contribution < 1.29 is 8.42 Å². The van der Waals surface area contributed by atoms with Gasteiger partial charge in [0, 0.05) is 5.54 Å². The van der Waals surface area contributed by atoms with Gasteiger partial charge in [0.05, 0.1) is 11.5 Å². The van der Waals surface area contributed by atoms with Crippen molar-refractivity contribution >= 4 is 9.84 Å². The summed E-state index contributed by atoms with van der Waals surface area (Å²) in [7, 11) is -2.70. The third-order valence-electron chi connectivity index (χ3n) is 2.72. The highest BCUT2D eigenvalue weighted by Crippen LogP contribution is 2.31. The van der Waals surface area contributed by atoms with Gasteiger partial charge in [0.25, 0.3) is 0 Å². The fraction of sp³-hybridized carbons (Fsp3) is 1.00. The van der Waals surface area contributed by atoms with Gasteiger partial charge in [-0.15, -0.1) is 0 Å². The first-order valence-corrected chi connectivity index (χ1v) is 5.90. The lowest BCUT2D eigenvalue weighted by Crippen LogP contribution is -2.40. The molecular formula is C7H13NO2S. The van der Waals surface area contributed by atoms with Gasteiger partial charge in [-0.1, -0.05) is 0 Å². The Hall–Kier alpha value is -0.0900. The molecule has 0 aliphatic carbocycles. The van der Waals surface area contributed by atoms with Gasteiger partial charge in [0.15, 0.2) is 9.84 Å². The molecule has 1 N–H and O–H groups in total. The summed E-state index contributed by atoms with van der Waals surface area (Å²) < 4.78 is 22.3. The summed E-state index contributed by atoms with van der Waals surface area (Å²) in [5.74, 6) is 0.764. The van der Waals surface area contributed by atoms with Gasteiger partial charge in [0.1, 0.15) is 0 Å². The fourth-order valence-corrected chi connectivity index (χ4v) is 4.20. The van der Waals surface area contributed by atoms with E-state index in [1.165, 1.54) is 0 Å². The van der Waals surface area contributed by atoms with Crippen LogP contribution in [0, 0.1) is 0 Å². The van der Waals surface area contributed by atoms with Crippen LogP contribution >= 0.6 is 0 Å². The van der Waals surface area contributed by atoms with E-state index < -0.39 is 9.84 Å². The Bertz CT molecular complexity index is 252. The molecule has 0 saturated carbocycles. The average Bonchev–Trinajstić information content (AvgIpc) is 2.43. The first-order valence-electron chi connectivity index (χ1n) is 4.07. The van der Waals surface area contributed by atoms with E-state index in [2.05, 4.69) is 5.32 Å². The van der Waals surface area contributed by atoms with E-state index in [1.54, 1.807) is 0 Å². The van der Waals surface area contributed by atoms with Crippen LogP contribution in [-0.2, 0) is 9.84 Å². The van der Waals surface area contributed by atoms with Gasteiger partial charge in [-0.05, 0) is 25.8 Å². The molecular weight excluding hydrogens is 162 g/mol. The molecule has 2 saturated heterocycles. The molecule has 0 unspecified atom stereocenters. The monoisotopic (exact) mass is 175 g/mol. The van der Waals surface area contributed by atoms with Crippen LogP contribution in [0.3, 0.4) is 0 Å². The van der Waals surface area contributed by atoms with Crippen molar-refractivity contribution in [2.75, 3.05) is 18.1 Å². The number of hydrogen-bond acceptors (Lipinski definition) is 3. The molecule has 2 aliphatic heterocycles. The molecule has 0 bridgehead atoms. The molecule has 3 nitrogen and oxygen atoms in total. The zero-order valence-corrected chi connectivity index (χ0v) is 7.28. The van der Waals surface area contributed by atoms with E-state index in [-0.39, 0.29) is 5.54 Å². The molecule has 0 radical (unpaired) electrons. The minimum Gasteiger partial charge on any atom is -0.310 e. The Morgan fingerprint density at radius 2 is 2.09 bits per heavy atom. The standard InChI is InChI=1S/C7H13NO2S/c9-11(10)5-3-7(6-11)2-1-4-8-7/h8H,1-6H2/t7-/m1/s1. The predicted molar refractivity (Wildman–Crippen MR) is 43.2 cm³/mol. The second-order valence-electron chi connectivity index (χ2n) is 3.65. The lowest BCUT2D eigenvalue weighted by molar-refractivity contribution is 0.425. The lowest BCUT2D eigenvalue weighted by Gasteiger charge is -2.20. The largest absolute Gasteiger partial charge is 0.310 e. The summed E-state index contributed by atoms with van der Waals surface area (Å²) in [5.41, 5.74) is -0.0150. The zero-order chi connectivity index (χ0) is 7.95. The maximum atomic E-state index is 11.2. The van der Waals surface area contributed by atoms with Gasteiger partial charge < -0.3 is 5.32 Å². The Balaban J connectivity index is 2.20. The lowest BCUT2D eigenvalue weighted by atomic mass is 9.97. The SMILES string of the molecule is O=S1(=O)CC[C@]2(CCCN2)C1. The minimum absolute atomic E-state index is 0.0150. The van der Waals surface area contributed by atoms with E-state index in [0.717, 1.165) is 25.8 Å². The summed E-state index contributed by atoms with van der Waals surface area (Å²) >= 11 is 0. The maximum Gasteiger partial charge on any atom is 0.152 e. The van der Waals surface area contributed by atoms with Gasteiger partial charge >= 0.3 is 0 Å². The van der Waals surface area contributed by atoms with Crippen LogP contribution in [0.15, 0.2) is 0 Å². The molecule has 64 valence electrons. The van der Waals surface area contributed by atoms with E-state index in [4.69, 9.17) is 0 Å².